The van der Waals surface area contributed by atoms with Gasteiger partial charge < -0.3 is 10.6 Å². The quantitative estimate of drug-likeness (QED) is 0.545. The van der Waals surface area contributed by atoms with E-state index in [9.17, 15) is 9.59 Å². The first-order chi connectivity index (χ1) is 6.90. The molecule has 2 amide bonds. The summed E-state index contributed by atoms with van der Waals surface area (Å²) in [4.78, 5) is 22.4. The summed E-state index contributed by atoms with van der Waals surface area (Å²) >= 11 is 0. The third-order valence-corrected chi connectivity index (χ3v) is 2.83. The molecule has 0 spiro atoms. The average molecular weight is 212 g/mol. The van der Waals surface area contributed by atoms with Gasteiger partial charge in [0.05, 0.1) is 0 Å². The van der Waals surface area contributed by atoms with E-state index in [0.29, 0.717) is 6.41 Å². The lowest BCUT2D eigenvalue weighted by atomic mass is 9.94. The van der Waals surface area contributed by atoms with Gasteiger partial charge in [0.1, 0.15) is 5.66 Å². The van der Waals surface area contributed by atoms with Crippen LogP contribution in [0.2, 0.25) is 0 Å². The van der Waals surface area contributed by atoms with Gasteiger partial charge in [-0.15, -0.1) is 0 Å². The number of hydrogen-bond donors (Lipinski definition) is 2. The van der Waals surface area contributed by atoms with Crippen molar-refractivity contribution in [2.24, 2.45) is 5.41 Å². The van der Waals surface area contributed by atoms with Crippen molar-refractivity contribution in [3.8, 4) is 0 Å². The lowest BCUT2D eigenvalue weighted by Gasteiger charge is -2.32. The Morgan fingerprint density at radius 2 is 1.80 bits per heavy atom. The van der Waals surface area contributed by atoms with Crippen LogP contribution in [0.5, 0.6) is 0 Å². The Labute approximate surface area is 90.8 Å². The molecule has 0 atom stereocenters. The highest BCUT2D eigenvalue weighted by atomic mass is 16.2. The largest absolute Gasteiger partial charge is 0.336 e. The summed E-state index contributed by atoms with van der Waals surface area (Å²) in [5, 5.41) is 5.70. The van der Waals surface area contributed by atoms with E-state index in [1.54, 1.807) is 0 Å². The zero-order valence-electron chi connectivity index (χ0n) is 9.72. The van der Waals surface area contributed by atoms with E-state index < -0.39 is 11.1 Å². The Hall–Kier alpha value is -1.06. The van der Waals surface area contributed by atoms with Gasteiger partial charge in [0, 0.05) is 5.41 Å². The summed E-state index contributed by atoms with van der Waals surface area (Å²) in [5.74, 6) is -0.0150. The highest BCUT2D eigenvalue weighted by molar-refractivity contribution is 5.82. The molecule has 0 saturated heterocycles. The second-order valence-corrected chi connectivity index (χ2v) is 5.26. The SMILES string of the molecule is CC(C)(C)C(=O)NC1(NC=O)CCCC1. The van der Waals surface area contributed by atoms with Crippen molar-refractivity contribution in [3.05, 3.63) is 0 Å². The minimum Gasteiger partial charge on any atom is -0.336 e. The maximum absolute atomic E-state index is 11.8. The van der Waals surface area contributed by atoms with E-state index in [1.165, 1.54) is 0 Å². The summed E-state index contributed by atoms with van der Waals surface area (Å²) in [6.45, 7) is 5.60. The first kappa shape index (κ1) is 12.0. The maximum atomic E-state index is 11.8. The Morgan fingerprint density at radius 1 is 1.27 bits per heavy atom. The van der Waals surface area contributed by atoms with Crippen molar-refractivity contribution in [1.82, 2.24) is 10.6 Å². The molecular formula is C11H20N2O2. The minimum absolute atomic E-state index is 0.0150. The van der Waals surface area contributed by atoms with Crippen LogP contribution in [0.3, 0.4) is 0 Å². The predicted octanol–water partition coefficient (Wildman–Crippen LogP) is 1.16. The molecule has 0 aromatic carbocycles. The summed E-state index contributed by atoms with van der Waals surface area (Å²) in [7, 11) is 0. The summed E-state index contributed by atoms with van der Waals surface area (Å²) < 4.78 is 0. The van der Waals surface area contributed by atoms with Gasteiger partial charge in [0.2, 0.25) is 12.3 Å². The van der Waals surface area contributed by atoms with Crippen LogP contribution in [0.25, 0.3) is 0 Å². The maximum Gasteiger partial charge on any atom is 0.227 e. The smallest absolute Gasteiger partial charge is 0.227 e. The average Bonchev–Trinajstić information content (AvgIpc) is 2.52. The monoisotopic (exact) mass is 212 g/mol. The molecule has 0 heterocycles. The van der Waals surface area contributed by atoms with Crippen LogP contribution in [-0.2, 0) is 9.59 Å². The van der Waals surface area contributed by atoms with Crippen LogP contribution >= 0.6 is 0 Å². The number of carbonyl (C=O) groups excluding carboxylic acids is 2. The number of nitrogens with one attached hydrogen (secondary N) is 2. The van der Waals surface area contributed by atoms with E-state index in [0.717, 1.165) is 25.7 Å². The molecule has 1 rings (SSSR count). The first-order valence-electron chi connectivity index (χ1n) is 5.44. The first-order valence-corrected chi connectivity index (χ1v) is 5.44. The van der Waals surface area contributed by atoms with Gasteiger partial charge in [-0.3, -0.25) is 9.59 Å². The molecule has 0 aromatic rings. The molecule has 0 aromatic heterocycles. The fourth-order valence-corrected chi connectivity index (χ4v) is 1.80. The van der Waals surface area contributed by atoms with E-state index in [4.69, 9.17) is 0 Å². The third kappa shape index (κ3) is 2.94. The van der Waals surface area contributed by atoms with Gasteiger partial charge >= 0.3 is 0 Å². The molecule has 1 aliphatic carbocycles. The molecule has 0 radical (unpaired) electrons. The molecule has 15 heavy (non-hydrogen) atoms. The van der Waals surface area contributed by atoms with Crippen LogP contribution in [0.1, 0.15) is 46.5 Å². The molecule has 0 unspecified atom stereocenters. The minimum atomic E-state index is -0.494. The van der Waals surface area contributed by atoms with Crippen LogP contribution < -0.4 is 10.6 Å². The van der Waals surface area contributed by atoms with Crippen LogP contribution in [-0.4, -0.2) is 18.0 Å². The van der Waals surface area contributed by atoms with Crippen molar-refractivity contribution in [2.75, 3.05) is 0 Å². The standard InChI is InChI=1S/C11H20N2O2/c1-10(2,3)9(15)13-11(12-8-14)6-4-5-7-11/h8H,4-7H2,1-3H3,(H,12,14)(H,13,15). The molecular weight excluding hydrogens is 192 g/mol. The number of hydrogen-bond acceptors (Lipinski definition) is 2. The molecule has 1 aliphatic rings. The highest BCUT2D eigenvalue weighted by Gasteiger charge is 2.37. The van der Waals surface area contributed by atoms with Crippen LogP contribution in [0.4, 0.5) is 0 Å². The molecule has 4 nitrogen and oxygen atoms in total. The highest BCUT2D eigenvalue weighted by Crippen LogP contribution is 2.28. The fraction of sp³-hybridized carbons (Fsp3) is 0.818. The Morgan fingerprint density at radius 3 is 2.20 bits per heavy atom. The van der Waals surface area contributed by atoms with Gasteiger partial charge in [0.25, 0.3) is 0 Å². The van der Waals surface area contributed by atoms with E-state index in [-0.39, 0.29) is 5.91 Å². The second kappa shape index (κ2) is 4.21. The normalized spacial score (nSPS) is 19.7. The van der Waals surface area contributed by atoms with Crippen LogP contribution in [0, 0.1) is 5.41 Å². The van der Waals surface area contributed by atoms with Gasteiger partial charge in [0.15, 0.2) is 0 Å². The summed E-state index contributed by atoms with van der Waals surface area (Å²) in [6.07, 6.45) is 4.42. The Bertz CT molecular complexity index is 250. The van der Waals surface area contributed by atoms with E-state index in [2.05, 4.69) is 10.6 Å². The number of amides is 2. The fourth-order valence-electron chi connectivity index (χ4n) is 1.80. The molecule has 1 saturated carbocycles. The summed E-state index contributed by atoms with van der Waals surface area (Å²) in [5.41, 5.74) is -0.910. The number of rotatable bonds is 3. The van der Waals surface area contributed by atoms with Crippen LogP contribution in [0.15, 0.2) is 0 Å². The predicted molar refractivity (Wildman–Crippen MR) is 58.0 cm³/mol. The molecule has 2 N–H and O–H groups in total. The lowest BCUT2D eigenvalue weighted by molar-refractivity contribution is -0.131. The third-order valence-electron chi connectivity index (χ3n) is 2.83. The van der Waals surface area contributed by atoms with Crippen molar-refractivity contribution >= 4 is 12.3 Å². The van der Waals surface area contributed by atoms with Crippen molar-refractivity contribution < 1.29 is 9.59 Å². The van der Waals surface area contributed by atoms with Crippen molar-refractivity contribution in [1.29, 1.82) is 0 Å². The lowest BCUT2D eigenvalue weighted by Crippen LogP contribution is -2.58. The molecule has 86 valence electrons. The van der Waals surface area contributed by atoms with Crippen molar-refractivity contribution in [2.45, 2.75) is 52.1 Å². The Kier molecular flexibility index (Phi) is 3.37. The zero-order valence-corrected chi connectivity index (χ0v) is 9.72. The summed E-state index contributed by atoms with van der Waals surface area (Å²) in [6, 6.07) is 0. The molecule has 4 heteroatoms. The zero-order chi connectivity index (χ0) is 11.5. The van der Waals surface area contributed by atoms with E-state index in [1.807, 2.05) is 20.8 Å². The van der Waals surface area contributed by atoms with Gasteiger partial charge in [-0.25, -0.2) is 0 Å². The molecule has 1 fully saturated rings. The number of carbonyl (C=O) groups is 2. The topological polar surface area (TPSA) is 58.2 Å². The van der Waals surface area contributed by atoms with Gasteiger partial charge in [-0.2, -0.15) is 0 Å². The van der Waals surface area contributed by atoms with Gasteiger partial charge in [-0.05, 0) is 25.7 Å². The second-order valence-electron chi connectivity index (χ2n) is 5.26. The Balaban J connectivity index is 2.67. The molecule has 0 aliphatic heterocycles. The van der Waals surface area contributed by atoms with Gasteiger partial charge in [-0.1, -0.05) is 20.8 Å². The van der Waals surface area contributed by atoms with E-state index >= 15 is 0 Å². The van der Waals surface area contributed by atoms with Crippen molar-refractivity contribution in [3.63, 3.8) is 0 Å². The molecule has 0 bridgehead atoms.